The first-order chi connectivity index (χ1) is 9.27. The second-order valence-electron chi connectivity index (χ2n) is 4.09. The van der Waals surface area contributed by atoms with Gasteiger partial charge in [-0.2, -0.15) is 0 Å². The van der Waals surface area contributed by atoms with E-state index in [1.807, 2.05) is 43.3 Å². The maximum absolute atomic E-state index is 5.76. The van der Waals surface area contributed by atoms with Crippen LogP contribution in [0.25, 0.3) is 0 Å². The summed E-state index contributed by atoms with van der Waals surface area (Å²) >= 11 is 2.32. The SMILES string of the molecule is CCOc1ccccc1C(NN)c1ccccc1I. The van der Waals surface area contributed by atoms with Crippen molar-refractivity contribution in [1.82, 2.24) is 5.43 Å². The van der Waals surface area contributed by atoms with Crippen LogP contribution in [-0.4, -0.2) is 6.61 Å². The largest absolute Gasteiger partial charge is 0.494 e. The fourth-order valence-electron chi connectivity index (χ4n) is 2.06. The Morgan fingerprint density at radius 3 is 2.37 bits per heavy atom. The lowest BCUT2D eigenvalue weighted by Gasteiger charge is -2.21. The van der Waals surface area contributed by atoms with Crippen LogP contribution in [0.15, 0.2) is 48.5 Å². The summed E-state index contributed by atoms with van der Waals surface area (Å²) in [7, 11) is 0. The first kappa shape index (κ1) is 14.3. The number of rotatable bonds is 5. The molecule has 0 radical (unpaired) electrons. The van der Waals surface area contributed by atoms with Crippen LogP contribution in [0.4, 0.5) is 0 Å². The molecule has 0 bridgehead atoms. The summed E-state index contributed by atoms with van der Waals surface area (Å²) in [5.74, 6) is 6.63. The van der Waals surface area contributed by atoms with Crippen LogP contribution in [0.3, 0.4) is 0 Å². The molecule has 0 aliphatic carbocycles. The van der Waals surface area contributed by atoms with E-state index in [-0.39, 0.29) is 6.04 Å². The number of para-hydroxylation sites is 1. The van der Waals surface area contributed by atoms with Crippen molar-refractivity contribution in [3.8, 4) is 5.75 Å². The summed E-state index contributed by atoms with van der Waals surface area (Å²) in [4.78, 5) is 0. The van der Waals surface area contributed by atoms with Gasteiger partial charge >= 0.3 is 0 Å². The molecule has 2 aromatic rings. The monoisotopic (exact) mass is 368 g/mol. The molecule has 4 heteroatoms. The Morgan fingerprint density at radius 1 is 1.11 bits per heavy atom. The molecule has 3 N–H and O–H groups in total. The molecule has 0 fully saturated rings. The van der Waals surface area contributed by atoms with E-state index in [9.17, 15) is 0 Å². The topological polar surface area (TPSA) is 47.3 Å². The zero-order valence-electron chi connectivity index (χ0n) is 10.8. The predicted octanol–water partition coefficient (Wildman–Crippen LogP) is 3.24. The molecule has 0 aromatic heterocycles. The number of benzene rings is 2. The van der Waals surface area contributed by atoms with Crippen LogP contribution in [-0.2, 0) is 0 Å². The van der Waals surface area contributed by atoms with E-state index in [2.05, 4.69) is 40.1 Å². The van der Waals surface area contributed by atoms with Crippen molar-refractivity contribution in [2.75, 3.05) is 6.61 Å². The van der Waals surface area contributed by atoms with Crippen LogP contribution >= 0.6 is 22.6 Å². The van der Waals surface area contributed by atoms with Gasteiger partial charge in [0.2, 0.25) is 0 Å². The van der Waals surface area contributed by atoms with E-state index in [4.69, 9.17) is 10.6 Å². The Labute approximate surface area is 127 Å². The Balaban J connectivity index is 2.45. The lowest BCUT2D eigenvalue weighted by molar-refractivity contribution is 0.333. The van der Waals surface area contributed by atoms with Crippen LogP contribution in [0, 0.1) is 3.57 Å². The quantitative estimate of drug-likeness (QED) is 0.484. The lowest BCUT2D eigenvalue weighted by Crippen LogP contribution is -2.29. The fourth-order valence-corrected chi connectivity index (χ4v) is 2.76. The summed E-state index contributed by atoms with van der Waals surface area (Å²) in [5, 5.41) is 0. The number of halogens is 1. The zero-order valence-corrected chi connectivity index (χ0v) is 12.9. The van der Waals surface area contributed by atoms with E-state index in [0.29, 0.717) is 6.61 Å². The molecular weight excluding hydrogens is 351 g/mol. The average Bonchev–Trinajstić information content (AvgIpc) is 2.44. The standard InChI is InChI=1S/C15H17IN2O/c1-2-19-14-10-6-4-8-12(14)15(18-17)11-7-3-5-9-13(11)16/h3-10,15,18H,2,17H2,1H3. The van der Waals surface area contributed by atoms with Gasteiger partial charge < -0.3 is 4.74 Å². The molecule has 2 aromatic carbocycles. The van der Waals surface area contributed by atoms with Crippen LogP contribution in [0.1, 0.15) is 24.1 Å². The van der Waals surface area contributed by atoms with E-state index in [1.54, 1.807) is 0 Å². The molecule has 2 rings (SSSR count). The summed E-state index contributed by atoms with van der Waals surface area (Å²) < 4.78 is 6.86. The van der Waals surface area contributed by atoms with E-state index >= 15 is 0 Å². The maximum Gasteiger partial charge on any atom is 0.124 e. The van der Waals surface area contributed by atoms with Gasteiger partial charge in [-0.3, -0.25) is 5.84 Å². The highest BCUT2D eigenvalue weighted by Crippen LogP contribution is 2.31. The highest BCUT2D eigenvalue weighted by atomic mass is 127. The molecule has 0 amide bonds. The van der Waals surface area contributed by atoms with Crippen LogP contribution in [0.5, 0.6) is 5.75 Å². The summed E-state index contributed by atoms with van der Waals surface area (Å²) in [5.41, 5.74) is 5.09. The van der Waals surface area contributed by atoms with Crippen molar-refractivity contribution >= 4 is 22.6 Å². The van der Waals surface area contributed by atoms with Gasteiger partial charge in [-0.25, -0.2) is 5.43 Å². The fraction of sp³-hybridized carbons (Fsp3) is 0.200. The van der Waals surface area contributed by atoms with Gasteiger partial charge in [0.1, 0.15) is 5.75 Å². The summed E-state index contributed by atoms with van der Waals surface area (Å²) in [6.07, 6.45) is 0. The molecule has 0 spiro atoms. The lowest BCUT2D eigenvalue weighted by atomic mass is 9.98. The predicted molar refractivity (Wildman–Crippen MR) is 85.9 cm³/mol. The number of hydrogen-bond donors (Lipinski definition) is 2. The van der Waals surface area contributed by atoms with Crippen molar-refractivity contribution < 1.29 is 4.74 Å². The third kappa shape index (κ3) is 3.26. The van der Waals surface area contributed by atoms with Crippen molar-refractivity contribution in [2.45, 2.75) is 13.0 Å². The van der Waals surface area contributed by atoms with Gasteiger partial charge in [0.05, 0.1) is 12.6 Å². The minimum absolute atomic E-state index is 0.0733. The van der Waals surface area contributed by atoms with Crippen LogP contribution in [0.2, 0.25) is 0 Å². The van der Waals surface area contributed by atoms with E-state index < -0.39 is 0 Å². The number of hydrogen-bond acceptors (Lipinski definition) is 3. The van der Waals surface area contributed by atoms with Crippen molar-refractivity contribution in [3.05, 3.63) is 63.2 Å². The number of ether oxygens (including phenoxy) is 1. The molecule has 1 unspecified atom stereocenters. The second-order valence-corrected chi connectivity index (χ2v) is 5.25. The van der Waals surface area contributed by atoms with Gasteiger partial charge in [0.15, 0.2) is 0 Å². The van der Waals surface area contributed by atoms with Crippen molar-refractivity contribution in [1.29, 1.82) is 0 Å². The van der Waals surface area contributed by atoms with E-state index in [0.717, 1.165) is 16.9 Å². The molecule has 0 aliphatic heterocycles. The Morgan fingerprint density at radius 2 is 1.74 bits per heavy atom. The normalized spacial score (nSPS) is 12.2. The molecule has 0 saturated heterocycles. The van der Waals surface area contributed by atoms with Gasteiger partial charge in [-0.15, -0.1) is 0 Å². The molecular formula is C15H17IN2O. The Kier molecular flexibility index (Phi) is 5.18. The number of hydrazine groups is 1. The average molecular weight is 368 g/mol. The van der Waals surface area contributed by atoms with Gasteiger partial charge in [-0.1, -0.05) is 36.4 Å². The summed E-state index contributed by atoms with van der Waals surface area (Å²) in [6, 6.07) is 16.1. The smallest absolute Gasteiger partial charge is 0.124 e. The van der Waals surface area contributed by atoms with E-state index in [1.165, 1.54) is 3.57 Å². The molecule has 0 saturated carbocycles. The molecule has 0 aliphatic rings. The Bertz CT molecular complexity index is 545. The van der Waals surface area contributed by atoms with Gasteiger partial charge in [0.25, 0.3) is 0 Å². The third-order valence-corrected chi connectivity index (χ3v) is 3.90. The minimum Gasteiger partial charge on any atom is -0.494 e. The highest BCUT2D eigenvalue weighted by molar-refractivity contribution is 14.1. The van der Waals surface area contributed by atoms with Crippen molar-refractivity contribution in [2.24, 2.45) is 5.84 Å². The highest BCUT2D eigenvalue weighted by Gasteiger charge is 2.18. The van der Waals surface area contributed by atoms with Gasteiger partial charge in [-0.05, 0) is 47.2 Å². The second kappa shape index (κ2) is 6.88. The first-order valence-electron chi connectivity index (χ1n) is 6.20. The number of nitrogens with two attached hydrogens (primary N) is 1. The Hall–Kier alpha value is -1.11. The zero-order chi connectivity index (χ0) is 13.7. The molecule has 100 valence electrons. The summed E-state index contributed by atoms with van der Waals surface area (Å²) in [6.45, 7) is 2.62. The molecule has 1 atom stereocenters. The first-order valence-corrected chi connectivity index (χ1v) is 7.28. The maximum atomic E-state index is 5.76. The molecule has 0 heterocycles. The van der Waals surface area contributed by atoms with Gasteiger partial charge in [0, 0.05) is 9.13 Å². The number of nitrogens with one attached hydrogen (secondary N) is 1. The molecule has 19 heavy (non-hydrogen) atoms. The van der Waals surface area contributed by atoms with Crippen molar-refractivity contribution in [3.63, 3.8) is 0 Å². The minimum atomic E-state index is -0.0733. The van der Waals surface area contributed by atoms with Crippen LogP contribution < -0.4 is 16.0 Å². The third-order valence-electron chi connectivity index (χ3n) is 2.91. The molecule has 3 nitrogen and oxygen atoms in total.